The minimum atomic E-state index is -0.999. The van der Waals surface area contributed by atoms with Crippen LogP contribution in [0.2, 0.25) is 0 Å². The summed E-state index contributed by atoms with van der Waals surface area (Å²) in [6.07, 6.45) is 1.43. The van der Waals surface area contributed by atoms with Gasteiger partial charge in [0, 0.05) is 12.5 Å². The van der Waals surface area contributed by atoms with Crippen LogP contribution in [0.25, 0.3) is 0 Å². The predicted molar refractivity (Wildman–Crippen MR) is 109 cm³/mol. The maximum atomic E-state index is 13.2. The van der Waals surface area contributed by atoms with Crippen molar-refractivity contribution in [2.24, 2.45) is 5.92 Å². The topological polar surface area (TPSA) is 98.8 Å². The Morgan fingerprint density at radius 2 is 1.93 bits per heavy atom. The molecule has 0 aliphatic carbocycles. The van der Waals surface area contributed by atoms with Crippen molar-refractivity contribution in [3.8, 4) is 0 Å². The average molecular weight is 400 g/mol. The van der Waals surface area contributed by atoms with E-state index in [0.29, 0.717) is 23.7 Å². The van der Waals surface area contributed by atoms with E-state index in [1.54, 1.807) is 38.1 Å². The lowest BCUT2D eigenvalue weighted by atomic mass is 9.92. The first-order valence-corrected chi connectivity index (χ1v) is 9.97. The van der Waals surface area contributed by atoms with Crippen molar-refractivity contribution in [3.63, 3.8) is 0 Å². The number of urea groups is 1. The number of amides is 5. The van der Waals surface area contributed by atoms with Gasteiger partial charge in [0.05, 0.1) is 11.4 Å². The van der Waals surface area contributed by atoms with E-state index in [9.17, 15) is 19.2 Å². The van der Waals surface area contributed by atoms with Crippen molar-refractivity contribution in [2.75, 3.05) is 16.8 Å². The zero-order chi connectivity index (χ0) is 21.3. The van der Waals surface area contributed by atoms with Crippen molar-refractivity contribution in [3.05, 3.63) is 24.3 Å². The van der Waals surface area contributed by atoms with Gasteiger partial charge in [-0.2, -0.15) is 0 Å². The van der Waals surface area contributed by atoms with Crippen LogP contribution < -0.4 is 15.5 Å². The van der Waals surface area contributed by atoms with E-state index in [1.165, 1.54) is 4.90 Å². The molecular weight excluding hydrogens is 372 g/mol. The normalized spacial score (nSPS) is 24.3. The molecule has 0 radical (unpaired) electrons. The monoisotopic (exact) mass is 400 g/mol. The molecule has 1 aromatic rings. The molecule has 2 heterocycles. The van der Waals surface area contributed by atoms with Gasteiger partial charge in [-0.05, 0) is 44.7 Å². The summed E-state index contributed by atoms with van der Waals surface area (Å²) in [7, 11) is 0. The van der Waals surface area contributed by atoms with Crippen LogP contribution in [0.15, 0.2) is 24.3 Å². The second kappa shape index (κ2) is 7.85. The van der Waals surface area contributed by atoms with Gasteiger partial charge in [0.2, 0.25) is 11.8 Å². The van der Waals surface area contributed by atoms with Crippen LogP contribution in [-0.4, -0.2) is 46.8 Å². The molecule has 0 aromatic heterocycles. The molecular formula is C21H28N4O4. The third kappa shape index (κ3) is 4.11. The molecule has 0 unspecified atom stereocenters. The smallest absolute Gasteiger partial charge is 0.324 e. The lowest BCUT2D eigenvalue weighted by Gasteiger charge is -2.29. The summed E-state index contributed by atoms with van der Waals surface area (Å²) >= 11 is 0. The maximum absolute atomic E-state index is 13.2. The third-order valence-corrected chi connectivity index (χ3v) is 5.49. The molecule has 29 heavy (non-hydrogen) atoms. The van der Waals surface area contributed by atoms with E-state index < -0.39 is 23.5 Å². The summed E-state index contributed by atoms with van der Waals surface area (Å²) in [4.78, 5) is 53.1. The molecule has 1 aromatic carbocycles. The molecule has 156 valence electrons. The van der Waals surface area contributed by atoms with E-state index in [-0.39, 0.29) is 24.8 Å². The molecule has 0 spiro atoms. The van der Waals surface area contributed by atoms with Gasteiger partial charge in [-0.15, -0.1) is 0 Å². The Balaban J connectivity index is 1.81. The number of carbonyl (C=O) groups excluding carboxylic acids is 4. The Bertz CT molecular complexity index is 853. The largest absolute Gasteiger partial charge is 0.325 e. The van der Waals surface area contributed by atoms with E-state index in [0.717, 1.165) is 11.3 Å². The fourth-order valence-electron chi connectivity index (χ4n) is 3.82. The Hall–Kier alpha value is -2.90. The third-order valence-electron chi connectivity index (χ3n) is 5.49. The van der Waals surface area contributed by atoms with Crippen LogP contribution in [0.3, 0.4) is 0 Å². The summed E-state index contributed by atoms with van der Waals surface area (Å²) < 4.78 is 0. The molecule has 2 atom stereocenters. The Labute approximate surface area is 170 Å². The number of imide groups is 1. The molecule has 8 heteroatoms. The lowest BCUT2D eigenvalue weighted by molar-refractivity contribution is -0.134. The highest BCUT2D eigenvalue weighted by Crippen LogP contribution is 2.32. The minimum absolute atomic E-state index is 0.132. The number of rotatable bonds is 5. The Morgan fingerprint density at radius 1 is 1.24 bits per heavy atom. The highest BCUT2D eigenvalue weighted by Gasteiger charge is 2.48. The molecule has 5 amide bonds. The van der Waals surface area contributed by atoms with Crippen molar-refractivity contribution >= 4 is 35.1 Å². The molecule has 2 aliphatic rings. The number of anilines is 2. The molecule has 2 N–H and O–H groups in total. The zero-order valence-electron chi connectivity index (χ0n) is 17.3. The van der Waals surface area contributed by atoms with Gasteiger partial charge < -0.3 is 15.5 Å². The van der Waals surface area contributed by atoms with Crippen LogP contribution in [0.5, 0.6) is 0 Å². The molecule has 1 fully saturated rings. The molecule has 8 nitrogen and oxygen atoms in total. The summed E-state index contributed by atoms with van der Waals surface area (Å²) in [5.41, 5.74) is 0.0983. The van der Waals surface area contributed by atoms with Crippen molar-refractivity contribution in [1.82, 2.24) is 10.2 Å². The van der Waals surface area contributed by atoms with Crippen molar-refractivity contribution in [1.29, 1.82) is 0 Å². The zero-order valence-corrected chi connectivity index (χ0v) is 17.3. The van der Waals surface area contributed by atoms with Gasteiger partial charge in [-0.1, -0.05) is 26.0 Å². The number of nitrogens with zero attached hydrogens (tertiary/aromatic N) is 2. The molecule has 3 rings (SSSR count). The molecule has 2 aliphatic heterocycles. The summed E-state index contributed by atoms with van der Waals surface area (Å²) in [6, 6.07) is 6.06. The number of fused-ring (bicyclic) bond motifs is 1. The highest BCUT2D eigenvalue weighted by molar-refractivity contribution is 6.11. The maximum Gasteiger partial charge on any atom is 0.325 e. The number of para-hydroxylation sites is 2. The number of carbonyl (C=O) groups is 4. The number of hydrogen-bond donors (Lipinski definition) is 2. The molecule has 1 saturated heterocycles. The minimum Gasteiger partial charge on any atom is -0.324 e. The van der Waals surface area contributed by atoms with Gasteiger partial charge in [0.1, 0.15) is 12.1 Å². The van der Waals surface area contributed by atoms with Crippen molar-refractivity contribution < 1.29 is 19.2 Å². The Morgan fingerprint density at radius 3 is 2.62 bits per heavy atom. The van der Waals surface area contributed by atoms with Gasteiger partial charge >= 0.3 is 6.03 Å². The van der Waals surface area contributed by atoms with Gasteiger partial charge in [0.25, 0.3) is 5.91 Å². The number of benzene rings is 1. The fourth-order valence-corrected chi connectivity index (χ4v) is 3.82. The summed E-state index contributed by atoms with van der Waals surface area (Å²) in [5.74, 6) is -0.581. The molecule has 0 saturated carbocycles. The van der Waals surface area contributed by atoms with Crippen molar-refractivity contribution in [2.45, 2.75) is 58.5 Å². The van der Waals surface area contributed by atoms with Crippen LogP contribution in [0.1, 0.15) is 47.0 Å². The van der Waals surface area contributed by atoms with E-state index in [2.05, 4.69) is 24.5 Å². The second-order valence-corrected chi connectivity index (χ2v) is 8.47. The molecule has 0 bridgehead atoms. The summed E-state index contributed by atoms with van der Waals surface area (Å²) in [5, 5.41) is 5.54. The van der Waals surface area contributed by atoms with Gasteiger partial charge in [-0.3, -0.25) is 19.3 Å². The summed E-state index contributed by atoms with van der Waals surface area (Å²) in [6.45, 7) is 7.22. The standard InChI is InChI=1S/C21H28N4O4/c1-13(2)9-10-21(4)19(28)24(20(29)23-21)12-18(27)25-14(3)11-17(26)22-15-7-5-6-8-16(15)25/h5-8,13-14H,9-12H2,1-4H3,(H,22,26)(H,23,29)/t14-,21+/m0/s1. The predicted octanol–water partition coefficient (Wildman–Crippen LogP) is 2.50. The first kappa shape index (κ1) is 20.8. The average Bonchev–Trinajstić information content (AvgIpc) is 2.77. The SMILES string of the molecule is CC(C)CC[C@@]1(C)NC(=O)N(CC(=O)N2c3ccccc3NC(=O)C[C@@H]2C)C1=O. The number of hydrogen-bond acceptors (Lipinski definition) is 4. The van der Waals surface area contributed by atoms with E-state index >= 15 is 0 Å². The van der Waals surface area contributed by atoms with Crippen LogP contribution in [0.4, 0.5) is 16.2 Å². The van der Waals surface area contributed by atoms with E-state index in [1.807, 2.05) is 0 Å². The first-order valence-electron chi connectivity index (χ1n) is 9.97. The quantitative estimate of drug-likeness (QED) is 0.742. The highest BCUT2D eigenvalue weighted by atomic mass is 16.2. The van der Waals surface area contributed by atoms with Crippen LogP contribution in [-0.2, 0) is 14.4 Å². The van der Waals surface area contributed by atoms with E-state index in [4.69, 9.17) is 0 Å². The van der Waals surface area contributed by atoms with Crippen LogP contribution in [0, 0.1) is 5.92 Å². The lowest BCUT2D eigenvalue weighted by Crippen LogP contribution is -2.48. The van der Waals surface area contributed by atoms with Gasteiger partial charge in [0.15, 0.2) is 0 Å². The van der Waals surface area contributed by atoms with Crippen LogP contribution >= 0.6 is 0 Å². The fraction of sp³-hybridized carbons (Fsp3) is 0.524. The van der Waals surface area contributed by atoms with Gasteiger partial charge in [-0.25, -0.2) is 4.79 Å². The second-order valence-electron chi connectivity index (χ2n) is 8.47. The first-order chi connectivity index (χ1) is 13.6. The Kier molecular flexibility index (Phi) is 5.64. The number of nitrogens with one attached hydrogen (secondary N) is 2.